The molecule has 1 aliphatic carbocycles. The fourth-order valence-corrected chi connectivity index (χ4v) is 3.29. The third kappa shape index (κ3) is 3.44. The number of aliphatic carboxylic acids is 1. The monoisotopic (exact) mass is 241 g/mol. The minimum absolute atomic E-state index is 0.0340. The molecule has 1 aliphatic rings. The second-order valence-corrected chi connectivity index (χ2v) is 6.03. The van der Waals surface area contributed by atoms with Crippen molar-refractivity contribution in [2.24, 2.45) is 23.0 Å². The Labute approximate surface area is 105 Å². The van der Waals surface area contributed by atoms with Crippen LogP contribution in [0.3, 0.4) is 0 Å². The molecule has 1 saturated carbocycles. The van der Waals surface area contributed by atoms with Crippen LogP contribution in [-0.2, 0) is 4.79 Å². The van der Waals surface area contributed by atoms with Crippen molar-refractivity contribution in [1.82, 2.24) is 0 Å². The highest BCUT2D eigenvalue weighted by Gasteiger charge is 2.41. The second-order valence-electron chi connectivity index (χ2n) is 6.03. The Kier molecular flexibility index (Phi) is 4.99. The highest BCUT2D eigenvalue weighted by atomic mass is 16.4. The van der Waals surface area contributed by atoms with Crippen LogP contribution in [0.1, 0.15) is 59.3 Å². The minimum atomic E-state index is -0.697. The molecular formula is C14H27NO2. The molecule has 0 aliphatic heterocycles. The standard InChI is InChI=1S/C14H27NO2/c1-4-12(15)14(9-13(16)17)7-5-11(6-8-14)10(2)3/h10-12H,4-9,15H2,1-3H3,(H,16,17). The van der Waals surface area contributed by atoms with E-state index < -0.39 is 5.97 Å². The lowest BCUT2D eigenvalue weighted by atomic mass is 9.62. The van der Waals surface area contributed by atoms with Crippen LogP contribution < -0.4 is 5.73 Å². The largest absolute Gasteiger partial charge is 0.481 e. The van der Waals surface area contributed by atoms with Gasteiger partial charge < -0.3 is 10.8 Å². The molecule has 0 radical (unpaired) electrons. The normalized spacial score (nSPS) is 31.5. The lowest BCUT2D eigenvalue weighted by Crippen LogP contribution is -2.45. The van der Waals surface area contributed by atoms with Crippen LogP contribution in [0.5, 0.6) is 0 Å². The van der Waals surface area contributed by atoms with Gasteiger partial charge in [-0.25, -0.2) is 0 Å². The minimum Gasteiger partial charge on any atom is -0.481 e. The van der Waals surface area contributed by atoms with Gasteiger partial charge in [-0.2, -0.15) is 0 Å². The number of carboxylic acids is 1. The summed E-state index contributed by atoms with van der Waals surface area (Å²) in [7, 11) is 0. The summed E-state index contributed by atoms with van der Waals surface area (Å²) >= 11 is 0. The van der Waals surface area contributed by atoms with Gasteiger partial charge in [0.15, 0.2) is 0 Å². The number of nitrogens with two attached hydrogens (primary N) is 1. The van der Waals surface area contributed by atoms with Crippen molar-refractivity contribution in [3.63, 3.8) is 0 Å². The Hall–Kier alpha value is -0.570. The molecule has 1 rings (SSSR count). The van der Waals surface area contributed by atoms with E-state index in [0.29, 0.717) is 5.92 Å². The molecule has 3 N–H and O–H groups in total. The first-order valence-corrected chi connectivity index (χ1v) is 6.88. The van der Waals surface area contributed by atoms with Gasteiger partial charge in [-0.05, 0) is 49.4 Å². The van der Waals surface area contributed by atoms with Crippen molar-refractivity contribution in [3.05, 3.63) is 0 Å². The van der Waals surface area contributed by atoms with E-state index in [0.717, 1.165) is 38.0 Å². The van der Waals surface area contributed by atoms with Crippen LogP contribution in [0.2, 0.25) is 0 Å². The van der Waals surface area contributed by atoms with Gasteiger partial charge in [0.05, 0.1) is 6.42 Å². The van der Waals surface area contributed by atoms with Crippen molar-refractivity contribution in [3.8, 4) is 0 Å². The average molecular weight is 241 g/mol. The molecule has 1 fully saturated rings. The first-order chi connectivity index (χ1) is 7.91. The van der Waals surface area contributed by atoms with Crippen molar-refractivity contribution in [1.29, 1.82) is 0 Å². The summed E-state index contributed by atoms with van der Waals surface area (Å²) < 4.78 is 0. The lowest BCUT2D eigenvalue weighted by Gasteiger charge is -2.44. The van der Waals surface area contributed by atoms with Crippen LogP contribution in [-0.4, -0.2) is 17.1 Å². The van der Waals surface area contributed by atoms with E-state index >= 15 is 0 Å². The number of carboxylic acid groups (broad SMARTS) is 1. The Balaban J connectivity index is 2.71. The predicted molar refractivity (Wildman–Crippen MR) is 69.7 cm³/mol. The quantitative estimate of drug-likeness (QED) is 0.777. The van der Waals surface area contributed by atoms with Gasteiger partial charge in [0, 0.05) is 6.04 Å². The zero-order valence-electron chi connectivity index (χ0n) is 11.4. The van der Waals surface area contributed by atoms with Crippen LogP contribution in [0.15, 0.2) is 0 Å². The summed E-state index contributed by atoms with van der Waals surface area (Å²) in [6, 6.07) is 0.0340. The van der Waals surface area contributed by atoms with Gasteiger partial charge in [0.2, 0.25) is 0 Å². The Bertz CT molecular complexity index is 255. The molecule has 0 amide bonds. The Morgan fingerprint density at radius 2 is 1.94 bits per heavy atom. The summed E-state index contributed by atoms with van der Waals surface area (Å²) in [5.74, 6) is 0.758. The van der Waals surface area contributed by atoms with Crippen molar-refractivity contribution in [2.45, 2.75) is 65.3 Å². The molecule has 0 heterocycles. The van der Waals surface area contributed by atoms with Gasteiger partial charge in [-0.15, -0.1) is 0 Å². The molecule has 0 aromatic heterocycles. The maximum absolute atomic E-state index is 11.1. The zero-order chi connectivity index (χ0) is 13.1. The molecule has 0 spiro atoms. The van der Waals surface area contributed by atoms with E-state index in [1.165, 1.54) is 0 Å². The maximum atomic E-state index is 11.1. The maximum Gasteiger partial charge on any atom is 0.303 e. The molecule has 17 heavy (non-hydrogen) atoms. The molecule has 1 atom stereocenters. The second kappa shape index (κ2) is 5.85. The molecule has 3 nitrogen and oxygen atoms in total. The molecule has 0 saturated heterocycles. The van der Waals surface area contributed by atoms with E-state index in [9.17, 15) is 4.79 Å². The third-order valence-corrected chi connectivity index (χ3v) is 4.70. The first kappa shape index (κ1) is 14.5. The van der Waals surface area contributed by atoms with Gasteiger partial charge in [0.25, 0.3) is 0 Å². The van der Waals surface area contributed by atoms with Crippen molar-refractivity contribution in [2.75, 3.05) is 0 Å². The summed E-state index contributed by atoms with van der Waals surface area (Å²) in [6.07, 6.45) is 5.36. The summed E-state index contributed by atoms with van der Waals surface area (Å²) in [5, 5.41) is 9.09. The highest BCUT2D eigenvalue weighted by molar-refractivity contribution is 5.67. The van der Waals surface area contributed by atoms with E-state index in [1.54, 1.807) is 0 Å². The predicted octanol–water partition coefficient (Wildman–Crippen LogP) is 3.03. The lowest BCUT2D eigenvalue weighted by molar-refractivity contribution is -0.141. The number of carbonyl (C=O) groups is 1. The molecule has 0 aromatic carbocycles. The number of hydrogen-bond donors (Lipinski definition) is 2. The van der Waals surface area contributed by atoms with E-state index in [-0.39, 0.29) is 17.9 Å². The SMILES string of the molecule is CCC(N)C1(CC(=O)O)CCC(C(C)C)CC1. The van der Waals surface area contributed by atoms with Crippen LogP contribution in [0, 0.1) is 17.3 Å². The highest BCUT2D eigenvalue weighted by Crippen LogP contribution is 2.46. The van der Waals surface area contributed by atoms with E-state index in [1.807, 2.05) is 0 Å². The number of hydrogen-bond acceptors (Lipinski definition) is 2. The van der Waals surface area contributed by atoms with Gasteiger partial charge >= 0.3 is 5.97 Å². The summed E-state index contributed by atoms with van der Waals surface area (Å²) in [5.41, 5.74) is 6.04. The number of rotatable bonds is 5. The van der Waals surface area contributed by atoms with Crippen molar-refractivity contribution >= 4 is 5.97 Å². The van der Waals surface area contributed by atoms with Gasteiger partial charge in [-0.3, -0.25) is 4.79 Å². The third-order valence-electron chi connectivity index (χ3n) is 4.70. The first-order valence-electron chi connectivity index (χ1n) is 6.88. The summed E-state index contributed by atoms with van der Waals surface area (Å²) in [6.45, 7) is 6.58. The molecular weight excluding hydrogens is 214 g/mol. The molecule has 0 aromatic rings. The van der Waals surface area contributed by atoms with Crippen LogP contribution in [0.4, 0.5) is 0 Å². The van der Waals surface area contributed by atoms with Crippen LogP contribution in [0.25, 0.3) is 0 Å². The zero-order valence-corrected chi connectivity index (χ0v) is 11.4. The topological polar surface area (TPSA) is 63.3 Å². The van der Waals surface area contributed by atoms with Crippen LogP contribution >= 0.6 is 0 Å². The molecule has 3 heteroatoms. The molecule has 0 bridgehead atoms. The average Bonchev–Trinajstić information content (AvgIpc) is 2.27. The summed E-state index contributed by atoms with van der Waals surface area (Å²) in [4.78, 5) is 11.1. The van der Waals surface area contributed by atoms with E-state index in [4.69, 9.17) is 10.8 Å². The van der Waals surface area contributed by atoms with E-state index in [2.05, 4.69) is 20.8 Å². The molecule has 1 unspecified atom stereocenters. The van der Waals surface area contributed by atoms with Crippen molar-refractivity contribution < 1.29 is 9.90 Å². The Morgan fingerprint density at radius 3 is 2.29 bits per heavy atom. The fourth-order valence-electron chi connectivity index (χ4n) is 3.29. The van der Waals surface area contributed by atoms with Gasteiger partial charge in [-0.1, -0.05) is 20.8 Å². The fraction of sp³-hybridized carbons (Fsp3) is 0.929. The smallest absolute Gasteiger partial charge is 0.303 e. The van der Waals surface area contributed by atoms with Gasteiger partial charge in [0.1, 0.15) is 0 Å². The molecule has 100 valence electrons. The Morgan fingerprint density at radius 1 is 1.41 bits per heavy atom.